The van der Waals surface area contributed by atoms with Crippen LogP contribution in [0.3, 0.4) is 0 Å². The van der Waals surface area contributed by atoms with Crippen LogP contribution < -0.4 is 5.32 Å². The van der Waals surface area contributed by atoms with Crippen LogP contribution in [-0.4, -0.2) is 100 Å². The van der Waals surface area contributed by atoms with E-state index >= 15 is 0 Å². The van der Waals surface area contributed by atoms with E-state index in [-0.39, 0.29) is 17.7 Å². The van der Waals surface area contributed by atoms with Crippen LogP contribution in [0.1, 0.15) is 25.7 Å². The third-order valence-corrected chi connectivity index (χ3v) is 5.54. The van der Waals surface area contributed by atoms with Crippen LogP contribution in [0.15, 0.2) is 0 Å². The predicted octanol–water partition coefficient (Wildman–Crippen LogP) is 0.261. The second kappa shape index (κ2) is 10.8. The zero-order valence-corrected chi connectivity index (χ0v) is 16.7. The van der Waals surface area contributed by atoms with Crippen LogP contribution in [0.25, 0.3) is 0 Å². The molecule has 2 atom stereocenters. The highest BCUT2D eigenvalue weighted by Crippen LogP contribution is 2.18. The Morgan fingerprint density at radius 1 is 0.885 bits per heavy atom. The van der Waals surface area contributed by atoms with E-state index in [1.807, 2.05) is 4.90 Å². The summed E-state index contributed by atoms with van der Waals surface area (Å²) in [5.74, 6) is 0.974. The summed E-state index contributed by atoms with van der Waals surface area (Å²) in [5.41, 5.74) is 0. The molecule has 0 saturated carbocycles. The van der Waals surface area contributed by atoms with Gasteiger partial charge in [-0.25, -0.2) is 0 Å². The maximum atomic E-state index is 12.1. The van der Waals surface area contributed by atoms with E-state index < -0.39 is 0 Å². The van der Waals surface area contributed by atoms with E-state index in [1.165, 1.54) is 0 Å². The van der Waals surface area contributed by atoms with Gasteiger partial charge in [0.25, 0.3) is 0 Å². The second-order valence-corrected chi connectivity index (χ2v) is 7.75. The maximum Gasteiger partial charge on any atom is 0.227 e. The highest BCUT2D eigenvalue weighted by Gasteiger charge is 2.28. The summed E-state index contributed by atoms with van der Waals surface area (Å²) in [4.78, 5) is 29.8. The van der Waals surface area contributed by atoms with Gasteiger partial charge in [0.15, 0.2) is 0 Å². The summed E-state index contributed by atoms with van der Waals surface area (Å²) in [7, 11) is 5.87. The average Bonchev–Trinajstić information content (AvgIpc) is 2.68. The molecule has 3 saturated heterocycles. The first-order valence-electron chi connectivity index (χ1n) is 9.96. The average molecular weight is 369 g/mol. The number of hydrogen-bond donors (Lipinski definition) is 1. The number of piperidine rings is 2. The van der Waals surface area contributed by atoms with Crippen LogP contribution in [0, 0.1) is 11.8 Å². The SMILES string of the molecule is CN1CCCC(C(=O)N2CCOCC2)C1.CNC(=O)C1CCCN(C)C1. The molecule has 2 unspecified atom stereocenters. The van der Waals surface area contributed by atoms with E-state index in [0.717, 1.165) is 65.0 Å². The quantitative estimate of drug-likeness (QED) is 0.758. The zero-order chi connectivity index (χ0) is 18.9. The van der Waals surface area contributed by atoms with Gasteiger partial charge in [0.2, 0.25) is 11.8 Å². The van der Waals surface area contributed by atoms with Crippen LogP contribution in [-0.2, 0) is 14.3 Å². The molecule has 0 spiro atoms. The van der Waals surface area contributed by atoms with E-state index in [4.69, 9.17) is 4.74 Å². The Morgan fingerprint density at radius 2 is 1.42 bits per heavy atom. The number of nitrogens with one attached hydrogen (secondary N) is 1. The molecule has 2 amide bonds. The zero-order valence-electron chi connectivity index (χ0n) is 16.7. The first kappa shape index (κ1) is 21.1. The van der Waals surface area contributed by atoms with Crippen molar-refractivity contribution in [1.29, 1.82) is 0 Å². The lowest BCUT2D eigenvalue weighted by Gasteiger charge is -2.34. The minimum atomic E-state index is 0.191. The number of hydrogen-bond acceptors (Lipinski definition) is 5. The van der Waals surface area contributed by atoms with Crippen molar-refractivity contribution < 1.29 is 14.3 Å². The number of rotatable bonds is 2. The van der Waals surface area contributed by atoms with Gasteiger partial charge in [-0.1, -0.05) is 0 Å². The molecule has 3 aliphatic rings. The molecule has 0 aromatic rings. The van der Waals surface area contributed by atoms with Crippen molar-refractivity contribution in [3.63, 3.8) is 0 Å². The van der Waals surface area contributed by atoms with Gasteiger partial charge in [0, 0.05) is 33.2 Å². The molecule has 3 rings (SSSR count). The van der Waals surface area contributed by atoms with E-state index in [0.29, 0.717) is 19.1 Å². The summed E-state index contributed by atoms with van der Waals surface area (Å²) in [6.07, 6.45) is 4.40. The highest BCUT2D eigenvalue weighted by atomic mass is 16.5. The van der Waals surface area contributed by atoms with Gasteiger partial charge in [-0.15, -0.1) is 0 Å². The smallest absolute Gasteiger partial charge is 0.227 e. The molecule has 0 aromatic carbocycles. The minimum Gasteiger partial charge on any atom is -0.378 e. The van der Waals surface area contributed by atoms with Gasteiger partial charge in [-0.05, 0) is 52.9 Å². The van der Waals surface area contributed by atoms with E-state index in [1.54, 1.807) is 7.05 Å². The van der Waals surface area contributed by atoms with Gasteiger partial charge < -0.3 is 24.8 Å². The standard InChI is InChI=1S/C11H20N2O2.C8H16N2O/c1-12-4-2-3-10(9-12)11(14)13-5-7-15-8-6-13;1-9-8(11)7-4-3-5-10(2)6-7/h10H,2-9H2,1H3;7H,3-6H2,1-2H3,(H,9,11). The fourth-order valence-electron chi connectivity index (χ4n) is 3.99. The molecule has 7 heteroatoms. The van der Waals surface area contributed by atoms with Gasteiger partial charge >= 0.3 is 0 Å². The Labute approximate surface area is 158 Å². The second-order valence-electron chi connectivity index (χ2n) is 7.75. The molecule has 3 fully saturated rings. The molecule has 0 aliphatic carbocycles. The van der Waals surface area contributed by atoms with E-state index in [9.17, 15) is 9.59 Å². The Balaban J connectivity index is 0.000000197. The lowest BCUT2D eigenvalue weighted by molar-refractivity contribution is -0.141. The summed E-state index contributed by atoms with van der Waals surface area (Å²) in [5, 5.41) is 2.69. The fourth-order valence-corrected chi connectivity index (χ4v) is 3.99. The Morgan fingerprint density at radius 3 is 1.96 bits per heavy atom. The molecular formula is C19H36N4O3. The normalized spacial score (nSPS) is 28.0. The molecule has 0 aromatic heterocycles. The van der Waals surface area contributed by atoms with Gasteiger partial charge in [-0.3, -0.25) is 9.59 Å². The minimum absolute atomic E-state index is 0.191. The van der Waals surface area contributed by atoms with Gasteiger partial charge in [0.1, 0.15) is 0 Å². The van der Waals surface area contributed by atoms with Crippen LogP contribution in [0.5, 0.6) is 0 Å². The Kier molecular flexibility index (Phi) is 8.81. The third-order valence-electron chi connectivity index (χ3n) is 5.54. The topological polar surface area (TPSA) is 65.1 Å². The number of nitrogens with zero attached hydrogens (tertiary/aromatic N) is 3. The van der Waals surface area contributed by atoms with Crippen molar-refractivity contribution in [2.24, 2.45) is 11.8 Å². The molecule has 0 bridgehead atoms. The van der Waals surface area contributed by atoms with Crippen molar-refractivity contribution in [2.45, 2.75) is 25.7 Å². The maximum absolute atomic E-state index is 12.1. The number of carbonyl (C=O) groups is 2. The molecule has 150 valence electrons. The van der Waals surface area contributed by atoms with Crippen molar-refractivity contribution in [2.75, 3.05) is 73.6 Å². The molecule has 3 aliphatic heterocycles. The lowest BCUT2D eigenvalue weighted by atomic mass is 9.97. The first-order chi connectivity index (χ1) is 12.5. The van der Waals surface area contributed by atoms with Crippen molar-refractivity contribution in [3.8, 4) is 0 Å². The molecule has 1 N–H and O–H groups in total. The van der Waals surface area contributed by atoms with Crippen molar-refractivity contribution in [1.82, 2.24) is 20.0 Å². The van der Waals surface area contributed by atoms with Crippen molar-refractivity contribution >= 4 is 11.8 Å². The summed E-state index contributed by atoms with van der Waals surface area (Å²) < 4.78 is 5.25. The molecule has 7 nitrogen and oxygen atoms in total. The summed E-state index contributed by atoms with van der Waals surface area (Å²) in [6, 6.07) is 0. The third kappa shape index (κ3) is 6.52. The van der Waals surface area contributed by atoms with Crippen LogP contribution in [0.4, 0.5) is 0 Å². The number of morpholine rings is 1. The molecule has 3 heterocycles. The lowest BCUT2D eigenvalue weighted by Crippen LogP contribution is -2.47. The van der Waals surface area contributed by atoms with Gasteiger partial charge in [-0.2, -0.15) is 0 Å². The number of likely N-dealkylation sites (tertiary alicyclic amines) is 2. The van der Waals surface area contributed by atoms with Crippen LogP contribution in [0.2, 0.25) is 0 Å². The number of ether oxygens (including phenoxy) is 1. The highest BCUT2D eigenvalue weighted by molar-refractivity contribution is 5.79. The molecular weight excluding hydrogens is 332 g/mol. The van der Waals surface area contributed by atoms with Gasteiger partial charge in [0.05, 0.1) is 25.0 Å². The largest absolute Gasteiger partial charge is 0.378 e. The Bertz CT molecular complexity index is 454. The Hall–Kier alpha value is -1.18. The van der Waals surface area contributed by atoms with Crippen molar-refractivity contribution in [3.05, 3.63) is 0 Å². The van der Waals surface area contributed by atoms with Crippen LogP contribution >= 0.6 is 0 Å². The summed E-state index contributed by atoms with van der Waals surface area (Å²) in [6.45, 7) is 7.07. The fraction of sp³-hybridized carbons (Fsp3) is 0.895. The monoisotopic (exact) mass is 368 g/mol. The molecule has 26 heavy (non-hydrogen) atoms. The first-order valence-corrected chi connectivity index (χ1v) is 9.96. The number of carbonyl (C=O) groups excluding carboxylic acids is 2. The predicted molar refractivity (Wildman–Crippen MR) is 102 cm³/mol. The number of amides is 2. The molecule has 0 radical (unpaired) electrons. The van der Waals surface area contributed by atoms with E-state index in [2.05, 4.69) is 29.2 Å². The summed E-state index contributed by atoms with van der Waals surface area (Å²) >= 11 is 0.